The quantitative estimate of drug-likeness (QED) is 0.614. The number of rotatable bonds is 6. The van der Waals surface area contributed by atoms with Gasteiger partial charge < -0.3 is 19.4 Å². The highest BCUT2D eigenvalue weighted by Crippen LogP contribution is 2.44. The maximum atomic E-state index is 12.8. The van der Waals surface area contributed by atoms with E-state index in [1.54, 1.807) is 0 Å². The third-order valence-corrected chi connectivity index (χ3v) is 5.69. The lowest BCUT2D eigenvalue weighted by Gasteiger charge is -2.28. The molecule has 30 heavy (non-hydrogen) atoms. The number of furan rings is 1. The van der Waals surface area contributed by atoms with Crippen LogP contribution in [0.2, 0.25) is 0 Å². The minimum absolute atomic E-state index is 0.119. The predicted octanol–water partition coefficient (Wildman–Crippen LogP) is 4.56. The van der Waals surface area contributed by atoms with Gasteiger partial charge in [0.2, 0.25) is 0 Å². The fourth-order valence-corrected chi connectivity index (χ4v) is 4.16. The molecule has 1 aliphatic heterocycles. The van der Waals surface area contributed by atoms with Crippen LogP contribution in [0.25, 0.3) is 0 Å². The van der Waals surface area contributed by atoms with Crippen molar-refractivity contribution in [2.75, 3.05) is 11.4 Å². The summed E-state index contributed by atoms with van der Waals surface area (Å²) in [6, 6.07) is 18.8. The molecule has 1 N–H and O–H groups in total. The Morgan fingerprint density at radius 1 is 1.17 bits per heavy atom. The third-order valence-electron chi connectivity index (χ3n) is 5.69. The van der Waals surface area contributed by atoms with Crippen LogP contribution in [0.15, 0.2) is 65.1 Å². The van der Waals surface area contributed by atoms with Gasteiger partial charge in [-0.25, -0.2) is 0 Å². The first-order valence-electron chi connectivity index (χ1n) is 10.1. The zero-order valence-electron chi connectivity index (χ0n) is 17.5. The van der Waals surface area contributed by atoms with Crippen LogP contribution in [-0.4, -0.2) is 18.7 Å². The Hall–Kier alpha value is -3.34. The molecule has 1 aromatic heterocycles. The van der Waals surface area contributed by atoms with Crippen molar-refractivity contribution in [3.8, 4) is 0 Å². The van der Waals surface area contributed by atoms with Gasteiger partial charge >= 0.3 is 0 Å². The number of carbonyl (C=O) groups is 2. The van der Waals surface area contributed by atoms with Gasteiger partial charge in [0, 0.05) is 23.2 Å². The lowest BCUT2D eigenvalue weighted by Crippen LogP contribution is -2.33. The van der Waals surface area contributed by atoms with Gasteiger partial charge in [0.1, 0.15) is 23.8 Å². The molecule has 3 aromatic rings. The molecule has 154 valence electrons. The molecule has 1 atom stereocenters. The number of fused-ring (bicyclic) bond motifs is 1. The third kappa shape index (κ3) is 3.75. The highest BCUT2D eigenvalue weighted by atomic mass is 16.3. The average Bonchev–Trinajstić information content (AvgIpc) is 3.28. The minimum atomic E-state index is -0.392. The monoisotopic (exact) mass is 402 g/mol. The number of aryl methyl sites for hydroxylation is 1. The molecule has 2 heterocycles. The summed E-state index contributed by atoms with van der Waals surface area (Å²) in [6.45, 7) is 7.24. The van der Waals surface area contributed by atoms with Crippen LogP contribution in [0.1, 0.15) is 52.9 Å². The van der Waals surface area contributed by atoms with Crippen molar-refractivity contribution in [1.29, 1.82) is 0 Å². The topological polar surface area (TPSA) is 62.6 Å². The van der Waals surface area contributed by atoms with Crippen LogP contribution in [0.4, 0.5) is 5.69 Å². The SMILES string of the molecule is Cc1ccc(CNC(=O)c2ccc3c(c2)N(C(C=O)c2ccccc2)CC3(C)C)o1. The molecule has 0 radical (unpaired) electrons. The van der Waals surface area contributed by atoms with Crippen molar-refractivity contribution in [2.45, 2.75) is 38.8 Å². The number of benzene rings is 2. The van der Waals surface area contributed by atoms with Gasteiger partial charge in [-0.15, -0.1) is 0 Å². The van der Waals surface area contributed by atoms with Gasteiger partial charge in [-0.3, -0.25) is 4.79 Å². The summed E-state index contributed by atoms with van der Waals surface area (Å²) in [5.74, 6) is 1.37. The van der Waals surface area contributed by atoms with E-state index in [0.717, 1.165) is 34.6 Å². The zero-order chi connectivity index (χ0) is 21.3. The van der Waals surface area contributed by atoms with Crippen molar-refractivity contribution in [2.24, 2.45) is 0 Å². The normalized spacial score (nSPS) is 15.5. The average molecular weight is 402 g/mol. The van der Waals surface area contributed by atoms with Gasteiger partial charge in [-0.2, -0.15) is 0 Å². The fourth-order valence-electron chi connectivity index (χ4n) is 4.16. The molecular weight excluding hydrogens is 376 g/mol. The summed E-state index contributed by atoms with van der Waals surface area (Å²) in [5.41, 5.74) is 3.47. The largest absolute Gasteiger partial charge is 0.465 e. The van der Waals surface area contributed by atoms with Crippen molar-refractivity contribution in [3.63, 3.8) is 0 Å². The van der Waals surface area contributed by atoms with Gasteiger partial charge in [0.05, 0.1) is 6.54 Å². The Balaban J connectivity index is 1.62. The van der Waals surface area contributed by atoms with Crippen LogP contribution in [0.3, 0.4) is 0 Å². The van der Waals surface area contributed by atoms with E-state index in [9.17, 15) is 9.59 Å². The first kappa shape index (κ1) is 20.0. The molecule has 5 nitrogen and oxygen atoms in total. The van der Waals surface area contributed by atoms with Gasteiger partial charge in [-0.05, 0) is 42.3 Å². The molecule has 1 unspecified atom stereocenters. The highest BCUT2D eigenvalue weighted by Gasteiger charge is 2.39. The van der Waals surface area contributed by atoms with E-state index in [2.05, 4.69) is 24.1 Å². The smallest absolute Gasteiger partial charge is 0.251 e. The first-order chi connectivity index (χ1) is 14.4. The summed E-state index contributed by atoms with van der Waals surface area (Å²) in [5, 5.41) is 2.91. The van der Waals surface area contributed by atoms with E-state index in [0.29, 0.717) is 18.7 Å². The molecule has 2 aromatic carbocycles. The Kier molecular flexibility index (Phi) is 5.20. The highest BCUT2D eigenvalue weighted by molar-refractivity contribution is 5.96. The number of amides is 1. The van der Waals surface area contributed by atoms with Crippen LogP contribution in [0, 0.1) is 6.92 Å². The number of nitrogens with one attached hydrogen (secondary N) is 1. The lowest BCUT2D eigenvalue weighted by molar-refractivity contribution is -0.109. The summed E-state index contributed by atoms with van der Waals surface area (Å²) in [6.07, 6.45) is 0.979. The van der Waals surface area contributed by atoms with Gasteiger partial charge in [0.25, 0.3) is 5.91 Å². The van der Waals surface area contributed by atoms with Gasteiger partial charge in [0.15, 0.2) is 0 Å². The molecule has 4 rings (SSSR count). The van der Waals surface area contributed by atoms with Crippen molar-refractivity contribution >= 4 is 17.9 Å². The van der Waals surface area contributed by atoms with Crippen molar-refractivity contribution < 1.29 is 14.0 Å². The van der Waals surface area contributed by atoms with Crippen molar-refractivity contribution in [1.82, 2.24) is 5.32 Å². The van der Waals surface area contributed by atoms with Crippen molar-refractivity contribution in [3.05, 3.63) is 88.9 Å². The maximum Gasteiger partial charge on any atom is 0.251 e. The second kappa shape index (κ2) is 7.82. The fraction of sp³-hybridized carbons (Fsp3) is 0.280. The number of carbonyl (C=O) groups excluding carboxylic acids is 2. The number of hydrogen-bond acceptors (Lipinski definition) is 4. The van der Waals surface area contributed by atoms with E-state index in [-0.39, 0.29) is 11.3 Å². The van der Waals surface area contributed by atoms with E-state index >= 15 is 0 Å². The Labute approximate surface area is 176 Å². The van der Waals surface area contributed by atoms with E-state index in [4.69, 9.17) is 4.42 Å². The maximum absolute atomic E-state index is 12.8. The predicted molar refractivity (Wildman–Crippen MR) is 117 cm³/mol. The molecule has 5 heteroatoms. The number of anilines is 1. The molecule has 0 saturated carbocycles. The number of aldehydes is 1. The molecule has 1 aliphatic rings. The summed E-state index contributed by atoms with van der Waals surface area (Å²) >= 11 is 0. The van der Waals surface area contributed by atoms with Crippen LogP contribution < -0.4 is 10.2 Å². The summed E-state index contributed by atoms with van der Waals surface area (Å²) in [7, 11) is 0. The second-order valence-corrected chi connectivity index (χ2v) is 8.43. The van der Waals surface area contributed by atoms with E-state index in [1.807, 2.05) is 67.6 Å². The number of hydrogen-bond donors (Lipinski definition) is 1. The Bertz CT molecular complexity index is 1070. The molecule has 0 bridgehead atoms. The lowest BCUT2D eigenvalue weighted by atomic mass is 9.86. The van der Waals surface area contributed by atoms with E-state index in [1.165, 1.54) is 0 Å². The molecule has 0 aliphatic carbocycles. The number of nitrogens with zero attached hydrogens (tertiary/aromatic N) is 1. The Morgan fingerprint density at radius 3 is 2.60 bits per heavy atom. The van der Waals surface area contributed by atoms with Crippen LogP contribution in [0.5, 0.6) is 0 Å². The second-order valence-electron chi connectivity index (χ2n) is 8.43. The molecular formula is C25H26N2O3. The Morgan fingerprint density at radius 2 is 1.93 bits per heavy atom. The summed E-state index contributed by atoms with van der Waals surface area (Å²) in [4.78, 5) is 26.9. The molecule has 0 fully saturated rings. The minimum Gasteiger partial charge on any atom is -0.465 e. The molecule has 0 spiro atoms. The zero-order valence-corrected chi connectivity index (χ0v) is 17.5. The van der Waals surface area contributed by atoms with Crippen LogP contribution in [-0.2, 0) is 16.8 Å². The molecule has 1 amide bonds. The summed E-state index contributed by atoms with van der Waals surface area (Å²) < 4.78 is 5.52. The molecule has 0 saturated heterocycles. The van der Waals surface area contributed by atoms with E-state index < -0.39 is 6.04 Å². The van der Waals surface area contributed by atoms with Crippen LogP contribution >= 0.6 is 0 Å². The van der Waals surface area contributed by atoms with Gasteiger partial charge in [-0.1, -0.05) is 50.2 Å². The first-order valence-corrected chi connectivity index (χ1v) is 10.1. The standard InChI is InChI=1S/C25H26N2O3/c1-17-9-11-20(30-17)14-26-24(29)19-10-12-21-22(13-19)27(16-25(21,2)3)23(15-28)18-7-5-4-6-8-18/h4-13,15,23H,14,16H2,1-3H3,(H,26,29).